The van der Waals surface area contributed by atoms with Gasteiger partial charge in [0.1, 0.15) is 0 Å². The topological polar surface area (TPSA) is 61.4 Å². The van der Waals surface area contributed by atoms with Crippen LogP contribution >= 0.6 is 0 Å². The quantitative estimate of drug-likeness (QED) is 0.719. The summed E-state index contributed by atoms with van der Waals surface area (Å²) in [5.74, 6) is 0. The lowest BCUT2D eigenvalue weighted by Crippen LogP contribution is -2.54. The van der Waals surface area contributed by atoms with Crippen LogP contribution in [0.1, 0.15) is 59.8 Å². The Balaban J connectivity index is 2.67. The highest BCUT2D eigenvalue weighted by molar-refractivity contribution is 7.87. The Labute approximate surface area is 124 Å². The first-order valence-corrected chi connectivity index (χ1v) is 9.33. The van der Waals surface area contributed by atoms with Crippen molar-refractivity contribution >= 4 is 10.2 Å². The van der Waals surface area contributed by atoms with Crippen LogP contribution in [0, 0.1) is 0 Å². The Morgan fingerprint density at radius 3 is 2.55 bits per heavy atom. The molecule has 1 fully saturated rings. The molecule has 0 bridgehead atoms. The van der Waals surface area contributed by atoms with Crippen LogP contribution in [0.2, 0.25) is 0 Å². The molecule has 0 aromatic heterocycles. The van der Waals surface area contributed by atoms with E-state index in [0.29, 0.717) is 12.6 Å². The Hall–Kier alpha value is -0.170. The molecule has 0 radical (unpaired) electrons. The van der Waals surface area contributed by atoms with E-state index in [0.717, 1.165) is 38.6 Å². The van der Waals surface area contributed by atoms with Gasteiger partial charge in [0.2, 0.25) is 0 Å². The van der Waals surface area contributed by atoms with Gasteiger partial charge in [-0.25, -0.2) is 0 Å². The summed E-state index contributed by atoms with van der Waals surface area (Å²) in [7, 11) is -3.36. The molecule has 1 aliphatic rings. The second kappa shape index (κ2) is 8.32. The lowest BCUT2D eigenvalue weighted by atomic mass is 10.0. The highest BCUT2D eigenvalue weighted by Gasteiger charge is 2.32. The average Bonchev–Trinajstić information content (AvgIpc) is 2.36. The molecule has 0 aromatic rings. The minimum Gasteiger partial charge on any atom is -0.313 e. The first-order valence-electron chi connectivity index (χ1n) is 7.89. The summed E-state index contributed by atoms with van der Waals surface area (Å²) < 4.78 is 29.5. The lowest BCUT2D eigenvalue weighted by molar-refractivity contribution is 0.238. The molecule has 120 valence electrons. The number of hydrogen-bond acceptors (Lipinski definition) is 3. The van der Waals surface area contributed by atoms with Crippen molar-refractivity contribution in [2.45, 2.75) is 77.9 Å². The van der Waals surface area contributed by atoms with Gasteiger partial charge in [0.25, 0.3) is 10.2 Å². The van der Waals surface area contributed by atoms with Gasteiger partial charge in [0, 0.05) is 31.2 Å². The van der Waals surface area contributed by atoms with E-state index in [4.69, 9.17) is 0 Å². The molecule has 6 heteroatoms. The summed E-state index contributed by atoms with van der Waals surface area (Å²) in [5.41, 5.74) is 0. The zero-order valence-corrected chi connectivity index (χ0v) is 14.2. The van der Waals surface area contributed by atoms with Crippen LogP contribution in [0.4, 0.5) is 0 Å². The molecule has 0 saturated carbocycles. The number of hydrogen-bond donors (Lipinski definition) is 2. The van der Waals surface area contributed by atoms with Crippen LogP contribution in [0.3, 0.4) is 0 Å². The largest absolute Gasteiger partial charge is 0.313 e. The Bertz CT molecular complexity index is 371. The van der Waals surface area contributed by atoms with Gasteiger partial charge >= 0.3 is 0 Å². The van der Waals surface area contributed by atoms with E-state index in [1.807, 2.05) is 6.92 Å². The highest BCUT2D eigenvalue weighted by Crippen LogP contribution is 2.20. The molecule has 20 heavy (non-hydrogen) atoms. The van der Waals surface area contributed by atoms with Crippen molar-refractivity contribution in [1.82, 2.24) is 14.3 Å². The number of rotatable bonds is 8. The molecule has 2 N–H and O–H groups in total. The van der Waals surface area contributed by atoms with Gasteiger partial charge in [-0.3, -0.25) is 0 Å². The standard InChI is InChI=1S/C14H31N3O2S/c1-5-8-13(4)16-20(18,19)17-10-7-6-9-14(17)11-15-12(2)3/h12-16H,5-11H2,1-4H3. The number of piperidine rings is 1. The molecule has 1 saturated heterocycles. The third-order valence-electron chi connectivity index (χ3n) is 3.72. The molecular formula is C14H31N3O2S. The molecule has 2 atom stereocenters. The van der Waals surface area contributed by atoms with Crippen molar-refractivity contribution in [2.24, 2.45) is 0 Å². The van der Waals surface area contributed by atoms with Gasteiger partial charge in [-0.1, -0.05) is 33.6 Å². The third kappa shape index (κ3) is 5.68. The summed E-state index contributed by atoms with van der Waals surface area (Å²) in [6.07, 6.45) is 4.88. The Kier molecular flexibility index (Phi) is 7.43. The van der Waals surface area contributed by atoms with Crippen molar-refractivity contribution < 1.29 is 8.42 Å². The summed E-state index contributed by atoms with van der Waals surface area (Å²) in [6, 6.07) is 0.469. The molecule has 0 aromatic carbocycles. The first kappa shape index (κ1) is 17.9. The molecule has 5 nitrogen and oxygen atoms in total. The van der Waals surface area contributed by atoms with Gasteiger partial charge < -0.3 is 5.32 Å². The van der Waals surface area contributed by atoms with Crippen LogP contribution in [0.25, 0.3) is 0 Å². The first-order chi connectivity index (χ1) is 9.36. The Morgan fingerprint density at radius 1 is 1.25 bits per heavy atom. The van der Waals surface area contributed by atoms with Gasteiger partial charge in [-0.15, -0.1) is 0 Å². The van der Waals surface area contributed by atoms with Crippen LogP contribution < -0.4 is 10.0 Å². The van der Waals surface area contributed by atoms with Gasteiger partial charge in [0.15, 0.2) is 0 Å². The fourth-order valence-corrected chi connectivity index (χ4v) is 4.38. The predicted octanol–water partition coefficient (Wildman–Crippen LogP) is 1.86. The molecule has 0 aliphatic carbocycles. The summed E-state index contributed by atoms with van der Waals surface area (Å²) >= 11 is 0. The molecule has 1 heterocycles. The van der Waals surface area contributed by atoms with Crippen LogP contribution in [0.5, 0.6) is 0 Å². The summed E-state index contributed by atoms with van der Waals surface area (Å²) in [6.45, 7) is 9.55. The molecule has 0 amide bonds. The molecule has 1 rings (SSSR count). The van der Waals surface area contributed by atoms with Crippen molar-refractivity contribution in [2.75, 3.05) is 13.1 Å². The highest BCUT2D eigenvalue weighted by atomic mass is 32.2. The van der Waals surface area contributed by atoms with Crippen molar-refractivity contribution in [3.63, 3.8) is 0 Å². The fourth-order valence-electron chi connectivity index (χ4n) is 2.68. The van der Waals surface area contributed by atoms with Gasteiger partial charge in [0.05, 0.1) is 0 Å². The molecule has 1 aliphatic heterocycles. The average molecular weight is 305 g/mol. The van der Waals surface area contributed by atoms with Crippen LogP contribution in [-0.4, -0.2) is 43.9 Å². The lowest BCUT2D eigenvalue weighted by Gasteiger charge is -2.36. The number of nitrogens with one attached hydrogen (secondary N) is 2. The Morgan fingerprint density at radius 2 is 1.95 bits per heavy atom. The summed E-state index contributed by atoms with van der Waals surface area (Å²) in [4.78, 5) is 0. The smallest absolute Gasteiger partial charge is 0.279 e. The zero-order valence-electron chi connectivity index (χ0n) is 13.4. The third-order valence-corrected chi connectivity index (χ3v) is 5.51. The van der Waals surface area contributed by atoms with E-state index >= 15 is 0 Å². The molecular weight excluding hydrogens is 274 g/mol. The molecule has 0 spiro atoms. The van der Waals surface area contributed by atoms with E-state index in [9.17, 15) is 8.42 Å². The van der Waals surface area contributed by atoms with E-state index in [1.54, 1.807) is 4.31 Å². The molecule has 2 unspecified atom stereocenters. The van der Waals surface area contributed by atoms with Crippen LogP contribution in [0.15, 0.2) is 0 Å². The second-order valence-electron chi connectivity index (χ2n) is 6.14. The minimum absolute atomic E-state index is 0.00522. The minimum atomic E-state index is -3.36. The summed E-state index contributed by atoms with van der Waals surface area (Å²) in [5, 5.41) is 3.36. The van der Waals surface area contributed by atoms with E-state index in [-0.39, 0.29) is 12.1 Å². The maximum absolute atomic E-state index is 12.5. The monoisotopic (exact) mass is 305 g/mol. The van der Waals surface area contributed by atoms with Crippen molar-refractivity contribution in [3.05, 3.63) is 0 Å². The fraction of sp³-hybridized carbons (Fsp3) is 1.00. The SMILES string of the molecule is CCCC(C)NS(=O)(=O)N1CCCCC1CNC(C)C. The predicted molar refractivity (Wildman–Crippen MR) is 83.9 cm³/mol. The van der Waals surface area contributed by atoms with Crippen molar-refractivity contribution in [3.8, 4) is 0 Å². The van der Waals surface area contributed by atoms with Crippen LogP contribution in [-0.2, 0) is 10.2 Å². The number of nitrogens with zero attached hydrogens (tertiary/aromatic N) is 1. The second-order valence-corrected chi connectivity index (χ2v) is 7.79. The van der Waals surface area contributed by atoms with Gasteiger partial charge in [-0.2, -0.15) is 17.4 Å². The zero-order chi connectivity index (χ0) is 15.2. The van der Waals surface area contributed by atoms with Crippen molar-refractivity contribution in [1.29, 1.82) is 0 Å². The maximum atomic E-state index is 12.5. The van der Waals surface area contributed by atoms with E-state index < -0.39 is 10.2 Å². The van der Waals surface area contributed by atoms with Gasteiger partial charge in [-0.05, 0) is 26.2 Å². The maximum Gasteiger partial charge on any atom is 0.279 e. The van der Waals surface area contributed by atoms with E-state index in [1.165, 1.54) is 0 Å². The van der Waals surface area contributed by atoms with E-state index in [2.05, 4.69) is 30.8 Å². The normalized spacial score (nSPS) is 23.1.